The van der Waals surface area contributed by atoms with Crippen molar-refractivity contribution in [2.75, 3.05) is 19.8 Å². The van der Waals surface area contributed by atoms with Gasteiger partial charge in [-0.25, -0.2) is 9.59 Å². The second kappa shape index (κ2) is 21.1. The van der Waals surface area contributed by atoms with E-state index >= 15 is 0 Å². The van der Waals surface area contributed by atoms with Gasteiger partial charge >= 0.3 is 12.1 Å². The van der Waals surface area contributed by atoms with Crippen LogP contribution in [0.2, 0.25) is 0 Å². The van der Waals surface area contributed by atoms with Crippen LogP contribution in [0.25, 0.3) is 0 Å². The third-order valence-electron chi connectivity index (χ3n) is 9.17. The molecule has 1 aliphatic rings. The average Bonchev–Trinajstić information content (AvgIpc) is 3.23. The van der Waals surface area contributed by atoms with Crippen LogP contribution in [0.3, 0.4) is 0 Å². The number of esters is 1. The molecule has 1 fully saturated rings. The van der Waals surface area contributed by atoms with Gasteiger partial charge in [-0.05, 0) is 48.2 Å². The molecule has 10 heteroatoms. The van der Waals surface area contributed by atoms with Gasteiger partial charge in [0.25, 0.3) is 0 Å². The maximum atomic E-state index is 12.9. The number of rotatable bonds is 18. The van der Waals surface area contributed by atoms with Crippen molar-refractivity contribution in [3.05, 3.63) is 173 Å². The molecule has 0 unspecified atom stereocenters. The zero-order valence-electron chi connectivity index (χ0n) is 31.7. The molecule has 292 valence electrons. The van der Waals surface area contributed by atoms with Crippen LogP contribution < -0.4 is 4.74 Å². The molecular weight excluding hydrogens is 712 g/mol. The third-order valence-corrected chi connectivity index (χ3v) is 9.17. The summed E-state index contributed by atoms with van der Waals surface area (Å²) in [4.78, 5) is 25.8. The first-order valence-corrected chi connectivity index (χ1v) is 18.9. The maximum absolute atomic E-state index is 12.9. The van der Waals surface area contributed by atoms with Crippen LogP contribution in [0.5, 0.6) is 5.75 Å². The van der Waals surface area contributed by atoms with Crippen LogP contribution in [0.1, 0.15) is 58.1 Å². The largest absolute Gasteiger partial charge is 0.513 e. The Morgan fingerprint density at radius 1 is 0.554 bits per heavy atom. The van der Waals surface area contributed by atoms with Crippen LogP contribution in [0, 0.1) is 0 Å². The first-order valence-electron chi connectivity index (χ1n) is 18.9. The van der Waals surface area contributed by atoms with Crippen LogP contribution in [-0.2, 0) is 59.6 Å². The zero-order valence-corrected chi connectivity index (χ0v) is 31.7. The Bertz CT molecular complexity index is 1920. The fourth-order valence-electron chi connectivity index (χ4n) is 6.48. The summed E-state index contributed by atoms with van der Waals surface area (Å²) in [5.74, 6) is -0.512. The van der Waals surface area contributed by atoms with E-state index in [2.05, 4.69) is 0 Å². The first-order chi connectivity index (χ1) is 27.5. The van der Waals surface area contributed by atoms with Gasteiger partial charge in [0.05, 0.1) is 51.8 Å². The molecule has 5 aromatic carbocycles. The van der Waals surface area contributed by atoms with E-state index in [0.717, 1.165) is 22.3 Å². The van der Waals surface area contributed by atoms with Crippen molar-refractivity contribution in [1.82, 2.24) is 0 Å². The molecular formula is C46H48O10. The summed E-state index contributed by atoms with van der Waals surface area (Å²) in [6.45, 7) is 4.87. The maximum Gasteiger partial charge on any atom is 0.513 e. The summed E-state index contributed by atoms with van der Waals surface area (Å²) >= 11 is 0. The van der Waals surface area contributed by atoms with Gasteiger partial charge in [0.2, 0.25) is 0 Å². The molecule has 0 radical (unpaired) electrons. The van der Waals surface area contributed by atoms with Crippen molar-refractivity contribution in [3.8, 4) is 5.75 Å². The standard InChI is InChI=1S/C46H48O10/c1-3-50-45(47)37-25-26-38(39(27-37)56-46(48)51-4-2)41-43(53-30-35-21-13-7-14-22-35)44(54-31-36-23-15-8-16-24-36)42(52-29-34-19-11-6-12-20-34)40(55-41)32-49-28-33-17-9-5-10-18-33/h5-27,40-44H,3-4,28-32H2,1-2H3/t40-,41+,42-,43+,44+/m1/s1. The summed E-state index contributed by atoms with van der Waals surface area (Å²) in [5, 5.41) is 0. The molecule has 0 aliphatic carbocycles. The number of ether oxygens (including phenoxy) is 8. The summed E-state index contributed by atoms with van der Waals surface area (Å²) in [5.41, 5.74) is 4.50. The Balaban J connectivity index is 1.43. The van der Waals surface area contributed by atoms with E-state index in [1.165, 1.54) is 6.07 Å². The summed E-state index contributed by atoms with van der Waals surface area (Å²) in [6, 6.07) is 44.2. The molecule has 1 saturated heterocycles. The highest BCUT2D eigenvalue weighted by Gasteiger charge is 2.50. The van der Waals surface area contributed by atoms with E-state index in [0.29, 0.717) is 12.2 Å². The molecule has 1 aliphatic heterocycles. The van der Waals surface area contributed by atoms with Crippen LogP contribution in [0.4, 0.5) is 4.79 Å². The highest BCUT2D eigenvalue weighted by Crippen LogP contribution is 2.42. The third kappa shape index (κ3) is 11.3. The fourth-order valence-corrected chi connectivity index (χ4v) is 6.48. The highest BCUT2D eigenvalue weighted by atomic mass is 16.7. The molecule has 10 nitrogen and oxygen atoms in total. The minimum atomic E-state index is -0.934. The molecule has 6 rings (SSSR count). The lowest BCUT2D eigenvalue weighted by Crippen LogP contribution is -2.58. The molecule has 0 bridgehead atoms. The van der Waals surface area contributed by atoms with Crippen LogP contribution >= 0.6 is 0 Å². The van der Waals surface area contributed by atoms with E-state index < -0.39 is 42.6 Å². The van der Waals surface area contributed by atoms with Gasteiger partial charge in [0, 0.05) is 5.56 Å². The van der Waals surface area contributed by atoms with Crippen molar-refractivity contribution in [2.24, 2.45) is 0 Å². The Kier molecular flexibility index (Phi) is 15.2. The summed E-state index contributed by atoms with van der Waals surface area (Å²) < 4.78 is 50.1. The van der Waals surface area contributed by atoms with Crippen molar-refractivity contribution in [2.45, 2.75) is 70.8 Å². The molecule has 1 heterocycles. The van der Waals surface area contributed by atoms with Gasteiger partial charge in [-0.15, -0.1) is 0 Å². The molecule has 0 N–H and O–H groups in total. The monoisotopic (exact) mass is 760 g/mol. The van der Waals surface area contributed by atoms with E-state index in [9.17, 15) is 9.59 Å². The lowest BCUT2D eigenvalue weighted by atomic mass is 9.89. The molecule has 56 heavy (non-hydrogen) atoms. The number of hydrogen-bond acceptors (Lipinski definition) is 10. The summed E-state index contributed by atoms with van der Waals surface area (Å²) in [7, 11) is 0. The van der Waals surface area contributed by atoms with Crippen molar-refractivity contribution in [3.63, 3.8) is 0 Å². The van der Waals surface area contributed by atoms with Crippen LogP contribution in [0.15, 0.2) is 140 Å². The van der Waals surface area contributed by atoms with E-state index in [1.54, 1.807) is 26.0 Å². The van der Waals surface area contributed by atoms with Crippen molar-refractivity contribution >= 4 is 12.1 Å². The second-order valence-corrected chi connectivity index (χ2v) is 13.1. The fraction of sp³-hybridized carbons (Fsp3) is 0.304. The first kappa shape index (κ1) is 40.3. The Morgan fingerprint density at radius 3 is 1.55 bits per heavy atom. The van der Waals surface area contributed by atoms with E-state index in [-0.39, 0.29) is 51.0 Å². The van der Waals surface area contributed by atoms with Gasteiger partial charge in [-0.3, -0.25) is 0 Å². The normalized spacial score (nSPS) is 19.2. The second-order valence-electron chi connectivity index (χ2n) is 13.1. The molecule has 5 aromatic rings. The molecule has 0 spiro atoms. The van der Waals surface area contributed by atoms with E-state index in [1.807, 2.05) is 121 Å². The van der Waals surface area contributed by atoms with Crippen molar-refractivity contribution < 1.29 is 47.5 Å². The van der Waals surface area contributed by atoms with Crippen LogP contribution in [-0.4, -0.2) is 56.4 Å². The Labute approximate surface area is 328 Å². The highest BCUT2D eigenvalue weighted by molar-refractivity contribution is 5.90. The van der Waals surface area contributed by atoms with Gasteiger partial charge < -0.3 is 37.9 Å². The zero-order chi connectivity index (χ0) is 39.0. The minimum absolute atomic E-state index is 0.0572. The molecule has 0 aromatic heterocycles. The summed E-state index contributed by atoms with van der Waals surface area (Å²) in [6.07, 6.45) is -4.75. The van der Waals surface area contributed by atoms with E-state index in [4.69, 9.17) is 37.9 Å². The SMILES string of the molecule is CCOC(=O)Oc1cc(C(=O)OCC)ccc1[C@@H]1O[C@H](COCc2ccccc2)[C@@H](OCc2ccccc2)[C@H](OCc2ccccc2)[C@H]1OCc1ccccc1. The Morgan fingerprint density at radius 2 is 1.04 bits per heavy atom. The number of carbonyl (C=O) groups excluding carboxylic acids is 2. The molecule has 0 saturated carbocycles. The predicted octanol–water partition coefficient (Wildman–Crippen LogP) is 8.81. The topological polar surface area (TPSA) is 108 Å². The smallest absolute Gasteiger partial charge is 0.462 e. The lowest BCUT2D eigenvalue weighted by molar-refractivity contribution is -0.275. The van der Waals surface area contributed by atoms with Gasteiger partial charge in [0.1, 0.15) is 36.3 Å². The quantitative estimate of drug-likeness (QED) is 0.0635. The average molecular weight is 761 g/mol. The predicted molar refractivity (Wildman–Crippen MR) is 209 cm³/mol. The lowest BCUT2D eigenvalue weighted by Gasteiger charge is -2.46. The van der Waals surface area contributed by atoms with Gasteiger partial charge in [0.15, 0.2) is 0 Å². The van der Waals surface area contributed by atoms with Gasteiger partial charge in [-0.2, -0.15) is 0 Å². The molecule has 0 amide bonds. The Hall–Kier alpha value is -5.36. The van der Waals surface area contributed by atoms with Gasteiger partial charge in [-0.1, -0.05) is 127 Å². The minimum Gasteiger partial charge on any atom is -0.462 e. The number of hydrogen-bond donors (Lipinski definition) is 0. The number of carbonyl (C=O) groups is 2. The molecule has 5 atom stereocenters. The number of benzene rings is 5. The van der Waals surface area contributed by atoms with Crippen molar-refractivity contribution in [1.29, 1.82) is 0 Å².